The second-order valence-electron chi connectivity index (χ2n) is 5.31. The van der Waals surface area contributed by atoms with E-state index >= 15 is 0 Å². The molecule has 23 heavy (non-hydrogen) atoms. The Morgan fingerprint density at radius 3 is 2.57 bits per heavy atom. The van der Waals surface area contributed by atoms with Gasteiger partial charge in [0.2, 0.25) is 0 Å². The molecule has 0 bridgehead atoms. The van der Waals surface area contributed by atoms with Crippen molar-refractivity contribution >= 4 is 52.6 Å². The van der Waals surface area contributed by atoms with E-state index in [1.165, 1.54) is 14.6 Å². The fourth-order valence-electron chi connectivity index (χ4n) is 2.18. The molecule has 0 fully saturated rings. The first-order chi connectivity index (χ1) is 10.6. The Hall–Kier alpha value is -0.640. The number of hydrogen-bond acceptors (Lipinski definition) is 4. The molecule has 128 valence electrons. The van der Waals surface area contributed by atoms with Crippen LogP contribution in [0.5, 0.6) is 0 Å². The minimum absolute atomic E-state index is 0. The van der Waals surface area contributed by atoms with Crippen LogP contribution in [0, 0.1) is 6.92 Å². The molecule has 0 radical (unpaired) electrons. The van der Waals surface area contributed by atoms with Crippen LogP contribution in [0.15, 0.2) is 34.6 Å². The van der Waals surface area contributed by atoms with Gasteiger partial charge in [0.05, 0.1) is 12.6 Å². The predicted molar refractivity (Wildman–Crippen MR) is 113 cm³/mol. The second kappa shape index (κ2) is 10.3. The number of nitrogens with zero attached hydrogens (tertiary/aromatic N) is 2. The first-order valence-electron chi connectivity index (χ1n) is 7.30. The summed E-state index contributed by atoms with van der Waals surface area (Å²) in [5, 5.41) is 8.92. The average molecular weight is 464 g/mol. The van der Waals surface area contributed by atoms with Crippen LogP contribution < -0.4 is 10.6 Å². The first-order valence-corrected chi connectivity index (χ1v) is 8.99. The van der Waals surface area contributed by atoms with E-state index in [9.17, 15) is 0 Å². The number of aliphatic imine (C=N–C) groups is 1. The molecule has 0 aliphatic heterocycles. The average Bonchev–Trinajstić information content (AvgIpc) is 3.14. The van der Waals surface area contributed by atoms with Gasteiger partial charge in [-0.1, -0.05) is 6.07 Å². The monoisotopic (exact) mass is 464 g/mol. The van der Waals surface area contributed by atoms with Gasteiger partial charge in [0.15, 0.2) is 5.96 Å². The van der Waals surface area contributed by atoms with Crippen molar-refractivity contribution in [3.63, 3.8) is 0 Å². The van der Waals surface area contributed by atoms with Crippen LogP contribution in [0.1, 0.15) is 20.7 Å². The zero-order valence-corrected chi connectivity index (χ0v) is 18.0. The molecule has 2 heterocycles. The van der Waals surface area contributed by atoms with Gasteiger partial charge in [-0.3, -0.25) is 4.99 Å². The van der Waals surface area contributed by atoms with E-state index in [1.807, 2.05) is 18.4 Å². The number of aryl methyl sites for hydroxylation is 1. The highest BCUT2D eigenvalue weighted by Crippen LogP contribution is 2.22. The van der Waals surface area contributed by atoms with Gasteiger partial charge >= 0.3 is 0 Å². The fourth-order valence-corrected chi connectivity index (χ4v) is 3.94. The Morgan fingerprint density at radius 2 is 2.04 bits per heavy atom. The minimum atomic E-state index is 0. The molecule has 7 heteroatoms. The Balaban J connectivity index is 0.00000264. The summed E-state index contributed by atoms with van der Waals surface area (Å²) >= 11 is 3.61. The number of likely N-dealkylation sites (N-methyl/N-ethyl adjacent to an activating group) is 1. The summed E-state index contributed by atoms with van der Waals surface area (Å²) in [6.45, 7) is 3.77. The highest BCUT2D eigenvalue weighted by atomic mass is 127. The van der Waals surface area contributed by atoms with Crippen molar-refractivity contribution in [2.45, 2.75) is 19.5 Å². The van der Waals surface area contributed by atoms with Crippen molar-refractivity contribution in [1.82, 2.24) is 15.5 Å². The molecule has 1 unspecified atom stereocenters. The molecular weight excluding hydrogens is 439 g/mol. The summed E-state index contributed by atoms with van der Waals surface area (Å²) in [5.74, 6) is 0.842. The maximum atomic E-state index is 4.31. The van der Waals surface area contributed by atoms with Gasteiger partial charge in [-0.2, -0.15) is 0 Å². The van der Waals surface area contributed by atoms with Crippen molar-refractivity contribution in [1.29, 1.82) is 0 Å². The topological polar surface area (TPSA) is 39.7 Å². The lowest BCUT2D eigenvalue weighted by Crippen LogP contribution is -2.41. The molecule has 2 N–H and O–H groups in total. The number of hydrogen-bond donors (Lipinski definition) is 2. The van der Waals surface area contributed by atoms with Gasteiger partial charge in [0, 0.05) is 28.2 Å². The number of rotatable bonds is 6. The highest BCUT2D eigenvalue weighted by Gasteiger charge is 2.15. The third-order valence-corrected chi connectivity index (χ3v) is 5.38. The maximum absolute atomic E-state index is 4.31. The van der Waals surface area contributed by atoms with E-state index in [0.717, 1.165) is 19.0 Å². The molecule has 0 aliphatic rings. The summed E-state index contributed by atoms with van der Waals surface area (Å²) in [5.41, 5.74) is 0. The first kappa shape index (κ1) is 20.4. The van der Waals surface area contributed by atoms with Crippen LogP contribution in [-0.4, -0.2) is 38.5 Å². The van der Waals surface area contributed by atoms with Crippen molar-refractivity contribution in [3.8, 4) is 0 Å². The summed E-state index contributed by atoms with van der Waals surface area (Å²) in [4.78, 5) is 10.6. The lowest BCUT2D eigenvalue weighted by atomic mass is 10.2. The quantitative estimate of drug-likeness (QED) is 0.389. The van der Waals surface area contributed by atoms with E-state index in [-0.39, 0.29) is 24.0 Å². The Bertz CT molecular complexity index is 593. The smallest absolute Gasteiger partial charge is 0.191 e. The summed E-state index contributed by atoms with van der Waals surface area (Å²) in [6, 6.07) is 8.94. The molecule has 0 amide bonds. The Morgan fingerprint density at radius 1 is 1.26 bits per heavy atom. The SMILES string of the molecule is CN=C(NCc1ccc(C)s1)NCC(c1cccs1)N(C)C.I. The zero-order chi connectivity index (χ0) is 15.9. The van der Waals surface area contributed by atoms with Crippen molar-refractivity contribution in [2.75, 3.05) is 27.7 Å². The fraction of sp³-hybridized carbons (Fsp3) is 0.438. The molecule has 2 rings (SSSR count). The molecule has 0 saturated heterocycles. The van der Waals surface area contributed by atoms with E-state index in [4.69, 9.17) is 0 Å². The third kappa shape index (κ3) is 6.40. The van der Waals surface area contributed by atoms with E-state index in [1.54, 1.807) is 11.3 Å². The van der Waals surface area contributed by atoms with Crippen molar-refractivity contribution < 1.29 is 0 Å². The van der Waals surface area contributed by atoms with Gasteiger partial charge in [-0.05, 0) is 44.6 Å². The zero-order valence-electron chi connectivity index (χ0n) is 14.0. The molecule has 0 saturated carbocycles. The van der Waals surface area contributed by atoms with Gasteiger partial charge in [0.25, 0.3) is 0 Å². The number of thiophene rings is 2. The van der Waals surface area contributed by atoms with Gasteiger partial charge < -0.3 is 15.5 Å². The van der Waals surface area contributed by atoms with Gasteiger partial charge in [-0.25, -0.2) is 0 Å². The highest BCUT2D eigenvalue weighted by molar-refractivity contribution is 14.0. The lowest BCUT2D eigenvalue weighted by molar-refractivity contribution is 0.302. The minimum Gasteiger partial charge on any atom is -0.354 e. The molecule has 0 spiro atoms. The van der Waals surface area contributed by atoms with Crippen LogP contribution in [0.2, 0.25) is 0 Å². The summed E-state index contributed by atoms with van der Waals surface area (Å²) < 4.78 is 0. The normalized spacial score (nSPS) is 12.8. The molecule has 0 aliphatic carbocycles. The molecule has 4 nitrogen and oxygen atoms in total. The Labute approximate surface area is 164 Å². The summed E-state index contributed by atoms with van der Waals surface area (Å²) in [7, 11) is 6.03. The Kier molecular flexibility index (Phi) is 9.11. The standard InChI is InChI=1S/C16H24N4S2.HI/c1-12-7-8-13(22-12)10-18-16(17-2)19-11-14(20(3)4)15-6-5-9-21-15;/h5-9,14H,10-11H2,1-4H3,(H2,17,18,19);1H. The van der Waals surface area contributed by atoms with Crippen molar-refractivity contribution in [3.05, 3.63) is 44.3 Å². The van der Waals surface area contributed by atoms with Crippen LogP contribution in [-0.2, 0) is 6.54 Å². The summed E-state index contributed by atoms with van der Waals surface area (Å²) in [6.07, 6.45) is 0. The lowest BCUT2D eigenvalue weighted by Gasteiger charge is -2.24. The third-order valence-electron chi connectivity index (χ3n) is 3.41. The van der Waals surface area contributed by atoms with E-state index < -0.39 is 0 Å². The van der Waals surface area contributed by atoms with Crippen LogP contribution in [0.25, 0.3) is 0 Å². The van der Waals surface area contributed by atoms with E-state index in [0.29, 0.717) is 6.04 Å². The molecule has 1 atom stereocenters. The number of guanidine groups is 1. The van der Waals surface area contributed by atoms with E-state index in [2.05, 4.69) is 71.2 Å². The molecule has 2 aromatic heterocycles. The van der Waals surface area contributed by atoms with Crippen molar-refractivity contribution in [2.24, 2.45) is 4.99 Å². The van der Waals surface area contributed by atoms with Crippen LogP contribution >= 0.6 is 46.7 Å². The van der Waals surface area contributed by atoms with Crippen LogP contribution in [0.4, 0.5) is 0 Å². The molecule has 0 aromatic carbocycles. The predicted octanol–water partition coefficient (Wildman–Crippen LogP) is 3.70. The largest absolute Gasteiger partial charge is 0.354 e. The maximum Gasteiger partial charge on any atom is 0.191 e. The number of halogens is 1. The number of nitrogens with one attached hydrogen (secondary N) is 2. The molecule has 2 aromatic rings. The van der Waals surface area contributed by atoms with Crippen LogP contribution in [0.3, 0.4) is 0 Å². The second-order valence-corrected chi connectivity index (χ2v) is 7.67. The van der Waals surface area contributed by atoms with Gasteiger partial charge in [0.1, 0.15) is 0 Å². The molecular formula is C16H25IN4S2. The van der Waals surface area contributed by atoms with Gasteiger partial charge in [-0.15, -0.1) is 46.7 Å².